The van der Waals surface area contributed by atoms with Gasteiger partial charge in [-0.05, 0) is 17.7 Å². The first-order valence-electron chi connectivity index (χ1n) is 6.20. The summed E-state index contributed by atoms with van der Waals surface area (Å²) in [6.45, 7) is 0.0826. The largest absolute Gasteiger partial charge is 0.497 e. The maximum absolute atomic E-state index is 12.5. The van der Waals surface area contributed by atoms with E-state index in [4.69, 9.17) is 9.47 Å². The smallest absolute Gasteiger partial charge is 0.319 e. The van der Waals surface area contributed by atoms with Crippen molar-refractivity contribution in [2.75, 3.05) is 41.1 Å². The van der Waals surface area contributed by atoms with Gasteiger partial charge in [-0.1, -0.05) is 0 Å². The molecule has 0 atom stereocenters. The highest BCUT2D eigenvalue weighted by molar-refractivity contribution is 5.71. The molecule has 0 amide bonds. The molecule has 1 aromatic carbocycles. The zero-order chi connectivity index (χ0) is 15.0. The number of hydrogen-bond acceptors (Lipinski definition) is 5. The monoisotopic (exact) mass is 285 g/mol. The number of halogens is 1. The number of carbonyl (C=O) groups is 1. The van der Waals surface area contributed by atoms with E-state index in [1.807, 2.05) is 12.1 Å². The highest BCUT2D eigenvalue weighted by Crippen LogP contribution is 2.23. The molecule has 0 aliphatic heterocycles. The van der Waals surface area contributed by atoms with Crippen LogP contribution < -0.4 is 9.47 Å². The van der Waals surface area contributed by atoms with Crippen molar-refractivity contribution < 1.29 is 23.4 Å². The Morgan fingerprint density at radius 3 is 2.20 bits per heavy atom. The van der Waals surface area contributed by atoms with E-state index in [0.717, 1.165) is 5.56 Å². The van der Waals surface area contributed by atoms with E-state index in [1.54, 1.807) is 25.2 Å². The highest BCUT2D eigenvalue weighted by atomic mass is 19.1. The van der Waals surface area contributed by atoms with Gasteiger partial charge in [0.25, 0.3) is 0 Å². The average Bonchev–Trinajstić information content (AvgIpc) is 2.46. The number of nitrogens with zero attached hydrogens (tertiary/aromatic N) is 1. The zero-order valence-corrected chi connectivity index (χ0v) is 12.0. The van der Waals surface area contributed by atoms with Crippen molar-refractivity contribution in [2.45, 2.75) is 6.54 Å². The van der Waals surface area contributed by atoms with E-state index in [0.29, 0.717) is 18.0 Å². The minimum Gasteiger partial charge on any atom is -0.497 e. The highest BCUT2D eigenvalue weighted by Gasteiger charge is 2.12. The van der Waals surface area contributed by atoms with Gasteiger partial charge < -0.3 is 14.2 Å². The number of hydrogen-bond donors (Lipinski definition) is 0. The van der Waals surface area contributed by atoms with Crippen molar-refractivity contribution in [3.8, 4) is 11.5 Å². The van der Waals surface area contributed by atoms with Gasteiger partial charge in [0.2, 0.25) is 0 Å². The van der Waals surface area contributed by atoms with E-state index < -0.39 is 12.6 Å². The Morgan fingerprint density at radius 2 is 1.75 bits per heavy atom. The molecule has 0 saturated carbocycles. The molecule has 1 rings (SSSR count). The third kappa shape index (κ3) is 5.05. The molecule has 0 radical (unpaired) electrons. The first kappa shape index (κ1) is 16.2. The quantitative estimate of drug-likeness (QED) is 0.680. The molecule has 20 heavy (non-hydrogen) atoms. The average molecular weight is 285 g/mol. The maximum atomic E-state index is 12.5. The Labute approximate surface area is 118 Å². The van der Waals surface area contributed by atoms with Crippen molar-refractivity contribution in [1.82, 2.24) is 4.90 Å². The van der Waals surface area contributed by atoms with Crippen molar-refractivity contribution in [1.29, 1.82) is 0 Å². The molecular weight excluding hydrogens is 265 g/mol. The van der Waals surface area contributed by atoms with Gasteiger partial charge in [0, 0.05) is 19.2 Å². The van der Waals surface area contributed by atoms with E-state index in [1.165, 1.54) is 7.11 Å². The molecule has 0 aliphatic carbocycles. The van der Waals surface area contributed by atoms with E-state index in [2.05, 4.69) is 4.74 Å². The molecule has 0 spiro atoms. The maximum Gasteiger partial charge on any atom is 0.319 e. The van der Waals surface area contributed by atoms with Gasteiger partial charge in [-0.2, -0.15) is 0 Å². The summed E-state index contributed by atoms with van der Waals surface area (Å²) in [5, 5.41) is 0. The lowest BCUT2D eigenvalue weighted by atomic mass is 10.2. The zero-order valence-electron chi connectivity index (χ0n) is 12.0. The number of ether oxygens (including phenoxy) is 3. The second kappa shape index (κ2) is 8.37. The van der Waals surface area contributed by atoms with Crippen molar-refractivity contribution in [3.63, 3.8) is 0 Å². The number of benzene rings is 1. The minimum atomic E-state index is -0.530. The van der Waals surface area contributed by atoms with Crippen LogP contribution in [0.15, 0.2) is 18.2 Å². The summed E-state index contributed by atoms with van der Waals surface area (Å²) in [5.41, 5.74) is 0.874. The second-order valence-corrected chi connectivity index (χ2v) is 4.20. The molecule has 0 heterocycles. The van der Waals surface area contributed by atoms with Crippen molar-refractivity contribution >= 4 is 5.97 Å². The van der Waals surface area contributed by atoms with Gasteiger partial charge in [-0.25, -0.2) is 4.39 Å². The Hall–Kier alpha value is -1.82. The molecule has 0 fully saturated rings. The van der Waals surface area contributed by atoms with Crippen LogP contribution in [0.3, 0.4) is 0 Å². The summed E-state index contributed by atoms with van der Waals surface area (Å²) in [4.78, 5) is 13.0. The van der Waals surface area contributed by atoms with E-state index in [-0.39, 0.29) is 13.1 Å². The van der Waals surface area contributed by atoms with Gasteiger partial charge in [0.1, 0.15) is 18.2 Å². The molecule has 5 nitrogen and oxygen atoms in total. The summed E-state index contributed by atoms with van der Waals surface area (Å²) >= 11 is 0. The fourth-order valence-electron chi connectivity index (χ4n) is 1.80. The second-order valence-electron chi connectivity index (χ2n) is 4.20. The van der Waals surface area contributed by atoms with Crippen LogP contribution in [0.4, 0.5) is 4.39 Å². The first-order chi connectivity index (χ1) is 9.62. The normalized spacial score (nSPS) is 10.4. The predicted molar refractivity (Wildman–Crippen MR) is 72.8 cm³/mol. The lowest BCUT2D eigenvalue weighted by molar-refractivity contribution is -0.142. The third-order valence-electron chi connectivity index (χ3n) is 2.80. The molecule has 0 aromatic heterocycles. The van der Waals surface area contributed by atoms with Gasteiger partial charge in [0.15, 0.2) is 0 Å². The topological polar surface area (TPSA) is 48.0 Å². The number of alkyl halides is 1. The van der Waals surface area contributed by atoms with Crippen LogP contribution in [0.25, 0.3) is 0 Å². The Morgan fingerprint density at radius 1 is 1.15 bits per heavy atom. The van der Waals surface area contributed by atoms with Crippen LogP contribution in [-0.2, 0) is 16.1 Å². The Kier molecular flexibility index (Phi) is 6.79. The van der Waals surface area contributed by atoms with Crippen LogP contribution in [-0.4, -0.2) is 52.0 Å². The molecule has 1 aromatic rings. The van der Waals surface area contributed by atoms with E-state index in [9.17, 15) is 9.18 Å². The molecule has 6 heteroatoms. The van der Waals surface area contributed by atoms with Crippen molar-refractivity contribution in [2.24, 2.45) is 0 Å². The lowest BCUT2D eigenvalue weighted by Crippen LogP contribution is -2.32. The number of esters is 1. The third-order valence-corrected chi connectivity index (χ3v) is 2.80. The summed E-state index contributed by atoms with van der Waals surface area (Å²) in [6.07, 6.45) is 0. The molecule has 0 aliphatic rings. The minimum absolute atomic E-state index is 0.0416. The van der Waals surface area contributed by atoms with Crippen LogP contribution in [0.5, 0.6) is 11.5 Å². The molecule has 0 unspecified atom stereocenters. The molecular formula is C14H20FNO4. The Balaban J connectivity index is 2.83. The van der Waals surface area contributed by atoms with Gasteiger partial charge in [-0.15, -0.1) is 0 Å². The summed E-state index contributed by atoms with van der Waals surface area (Å²) < 4.78 is 27.5. The van der Waals surface area contributed by atoms with Gasteiger partial charge in [-0.3, -0.25) is 9.69 Å². The van der Waals surface area contributed by atoms with Crippen LogP contribution in [0.2, 0.25) is 0 Å². The summed E-state index contributed by atoms with van der Waals surface area (Å²) in [7, 11) is 4.43. The van der Waals surface area contributed by atoms with Crippen LogP contribution in [0.1, 0.15) is 5.56 Å². The molecule has 0 saturated heterocycles. The molecule has 0 bridgehead atoms. The van der Waals surface area contributed by atoms with Gasteiger partial charge in [0.05, 0.1) is 27.9 Å². The molecule has 0 N–H and O–H groups in total. The number of rotatable bonds is 8. The summed E-state index contributed by atoms with van der Waals surface area (Å²) in [6, 6.07) is 5.40. The fourth-order valence-corrected chi connectivity index (χ4v) is 1.80. The van der Waals surface area contributed by atoms with Crippen molar-refractivity contribution in [3.05, 3.63) is 23.8 Å². The summed E-state index contributed by atoms with van der Waals surface area (Å²) in [5.74, 6) is 0.906. The van der Waals surface area contributed by atoms with E-state index >= 15 is 0 Å². The van der Waals surface area contributed by atoms with Crippen LogP contribution >= 0.6 is 0 Å². The standard InChI is InChI=1S/C14H20FNO4/c1-18-12-6-11(7-13(8-12)19-2)9-16(5-4-15)10-14(17)20-3/h6-8H,4-5,9-10H2,1-3H3. The number of methoxy groups -OCH3 is 3. The first-order valence-corrected chi connectivity index (χ1v) is 6.20. The SMILES string of the molecule is COC(=O)CN(CCF)Cc1cc(OC)cc(OC)c1. The predicted octanol–water partition coefficient (Wildman–Crippen LogP) is 1.65. The fraction of sp³-hybridized carbons (Fsp3) is 0.500. The lowest BCUT2D eigenvalue weighted by Gasteiger charge is -2.20. The van der Waals surface area contributed by atoms with Crippen LogP contribution in [0, 0.1) is 0 Å². The number of carbonyl (C=O) groups excluding carboxylic acids is 1. The Bertz CT molecular complexity index is 417. The molecule has 112 valence electrons. The van der Waals surface area contributed by atoms with Gasteiger partial charge >= 0.3 is 5.97 Å².